The average molecular weight is 396 g/mol. The van der Waals surface area contributed by atoms with Crippen molar-refractivity contribution in [2.75, 3.05) is 5.32 Å². The number of halogens is 3. The van der Waals surface area contributed by atoms with Crippen molar-refractivity contribution in [3.8, 4) is 0 Å². The number of nitrogens with one attached hydrogen (secondary N) is 2. The fraction of sp³-hybridized carbons (Fsp3) is 0.0588. The summed E-state index contributed by atoms with van der Waals surface area (Å²) in [6.45, 7) is 0. The van der Waals surface area contributed by atoms with Crippen LogP contribution in [0.4, 0.5) is 18.9 Å². The zero-order chi connectivity index (χ0) is 18.7. The molecule has 0 saturated carbocycles. The van der Waals surface area contributed by atoms with Crippen LogP contribution in [0.2, 0.25) is 0 Å². The van der Waals surface area contributed by atoms with Gasteiger partial charge < -0.3 is 9.73 Å². The molecule has 3 aromatic rings. The highest BCUT2D eigenvalue weighted by molar-refractivity contribution is 8.00. The molecular formula is C17H11F3N2O2S2. The van der Waals surface area contributed by atoms with Crippen molar-refractivity contribution in [1.82, 2.24) is 5.32 Å². The van der Waals surface area contributed by atoms with E-state index in [1.54, 1.807) is 18.2 Å². The fourth-order valence-electron chi connectivity index (χ4n) is 2.16. The molecule has 1 heterocycles. The predicted octanol–water partition coefficient (Wildman–Crippen LogP) is 5.17. The van der Waals surface area contributed by atoms with Gasteiger partial charge in [-0.05, 0) is 60.4 Å². The molecule has 0 bridgehead atoms. The molecule has 1 aromatic heterocycles. The van der Waals surface area contributed by atoms with E-state index in [1.807, 2.05) is 12.1 Å². The summed E-state index contributed by atoms with van der Waals surface area (Å²) in [4.78, 5) is 12.2. The summed E-state index contributed by atoms with van der Waals surface area (Å²) in [5.74, 6) is -0.421. The molecule has 0 saturated heterocycles. The summed E-state index contributed by atoms with van der Waals surface area (Å²) in [7, 11) is 0. The zero-order valence-electron chi connectivity index (χ0n) is 13.0. The normalized spacial score (nSPS) is 11.3. The van der Waals surface area contributed by atoms with Crippen molar-refractivity contribution in [3.63, 3.8) is 0 Å². The number of carbonyl (C=O) groups is 1. The minimum Gasteiger partial charge on any atom is -0.451 e. The van der Waals surface area contributed by atoms with Crippen LogP contribution < -0.4 is 10.6 Å². The van der Waals surface area contributed by atoms with E-state index in [2.05, 4.69) is 10.6 Å². The van der Waals surface area contributed by atoms with Crippen molar-refractivity contribution >= 4 is 51.7 Å². The maximum Gasteiger partial charge on any atom is 0.446 e. The number of thioether (sulfide) groups is 1. The molecule has 1 amide bonds. The fourth-order valence-corrected chi connectivity index (χ4v) is 2.91. The van der Waals surface area contributed by atoms with Crippen molar-refractivity contribution in [1.29, 1.82) is 0 Å². The van der Waals surface area contributed by atoms with Gasteiger partial charge in [-0.1, -0.05) is 18.2 Å². The molecule has 0 unspecified atom stereocenters. The highest BCUT2D eigenvalue weighted by Gasteiger charge is 2.29. The van der Waals surface area contributed by atoms with Gasteiger partial charge >= 0.3 is 5.51 Å². The number of fused-ring (bicyclic) bond motifs is 1. The first-order valence-corrected chi connectivity index (χ1v) is 8.49. The Morgan fingerprint density at radius 3 is 2.42 bits per heavy atom. The number of furan rings is 1. The first kappa shape index (κ1) is 18.3. The highest BCUT2D eigenvalue weighted by Crippen LogP contribution is 2.37. The number of benzene rings is 2. The Bertz CT molecular complexity index is 920. The number of alkyl halides is 3. The quantitative estimate of drug-likeness (QED) is 0.472. The minimum absolute atomic E-state index is 0.00619. The first-order valence-electron chi connectivity index (χ1n) is 7.27. The van der Waals surface area contributed by atoms with Gasteiger partial charge in [-0.2, -0.15) is 13.2 Å². The van der Waals surface area contributed by atoms with E-state index in [0.717, 1.165) is 5.39 Å². The second-order valence-electron chi connectivity index (χ2n) is 5.13. The lowest BCUT2D eigenvalue weighted by Gasteiger charge is -2.10. The number of thiocarbonyl (C=S) groups is 1. The van der Waals surface area contributed by atoms with Crippen molar-refractivity contribution in [2.45, 2.75) is 10.4 Å². The minimum atomic E-state index is -4.34. The van der Waals surface area contributed by atoms with E-state index in [-0.39, 0.29) is 27.5 Å². The molecule has 0 radical (unpaired) electrons. The lowest BCUT2D eigenvalue weighted by Crippen LogP contribution is -2.33. The van der Waals surface area contributed by atoms with E-state index in [1.165, 1.54) is 24.3 Å². The second-order valence-corrected chi connectivity index (χ2v) is 6.68. The first-order chi connectivity index (χ1) is 12.3. The van der Waals surface area contributed by atoms with Crippen LogP contribution in [0.15, 0.2) is 63.9 Å². The summed E-state index contributed by atoms with van der Waals surface area (Å²) in [6.07, 6.45) is 0. The molecule has 0 fully saturated rings. The summed E-state index contributed by atoms with van der Waals surface area (Å²) in [5, 5.41) is 5.99. The van der Waals surface area contributed by atoms with Gasteiger partial charge in [-0.3, -0.25) is 10.1 Å². The number of carbonyl (C=O) groups excluding carboxylic acids is 1. The van der Waals surface area contributed by atoms with Crippen LogP contribution in [0.25, 0.3) is 11.0 Å². The number of hydrogen-bond donors (Lipinski definition) is 2. The third kappa shape index (κ3) is 4.77. The van der Waals surface area contributed by atoms with Crippen LogP contribution >= 0.6 is 24.0 Å². The van der Waals surface area contributed by atoms with Crippen LogP contribution in [0.5, 0.6) is 0 Å². The molecule has 0 aliphatic rings. The topological polar surface area (TPSA) is 54.3 Å². The van der Waals surface area contributed by atoms with Crippen LogP contribution in [0.3, 0.4) is 0 Å². The SMILES string of the molecule is O=C(NC(=S)Nc1ccc(SC(F)(F)F)cc1)c1cc2ccccc2o1. The lowest BCUT2D eigenvalue weighted by molar-refractivity contribution is -0.0328. The molecule has 26 heavy (non-hydrogen) atoms. The Balaban J connectivity index is 1.60. The molecule has 0 aliphatic carbocycles. The number of para-hydroxylation sites is 1. The van der Waals surface area contributed by atoms with E-state index < -0.39 is 11.4 Å². The van der Waals surface area contributed by atoms with E-state index >= 15 is 0 Å². The summed E-state index contributed by atoms with van der Waals surface area (Å²) >= 11 is 4.84. The average Bonchev–Trinajstić information content (AvgIpc) is 2.99. The summed E-state index contributed by atoms with van der Waals surface area (Å²) in [6, 6.07) is 14.3. The number of rotatable bonds is 3. The molecule has 3 rings (SSSR count). The Morgan fingerprint density at radius 1 is 1.08 bits per heavy atom. The van der Waals surface area contributed by atoms with Gasteiger partial charge in [0, 0.05) is 16.0 Å². The molecule has 0 atom stereocenters. The molecule has 2 N–H and O–H groups in total. The smallest absolute Gasteiger partial charge is 0.446 e. The van der Waals surface area contributed by atoms with Crippen molar-refractivity contribution in [3.05, 3.63) is 60.4 Å². The summed E-state index contributed by atoms with van der Waals surface area (Å²) < 4.78 is 42.3. The molecular weight excluding hydrogens is 385 g/mol. The third-order valence-electron chi connectivity index (χ3n) is 3.22. The van der Waals surface area contributed by atoms with Crippen LogP contribution in [-0.2, 0) is 0 Å². The van der Waals surface area contributed by atoms with E-state index in [4.69, 9.17) is 16.6 Å². The number of amides is 1. The second kappa shape index (κ2) is 7.38. The maximum absolute atomic E-state index is 12.3. The monoisotopic (exact) mass is 396 g/mol. The zero-order valence-corrected chi connectivity index (χ0v) is 14.6. The van der Waals surface area contributed by atoms with Crippen molar-refractivity contribution in [2.24, 2.45) is 0 Å². The Hall–Kier alpha value is -2.52. The Labute approximate surface area is 155 Å². The van der Waals surface area contributed by atoms with Crippen LogP contribution in [-0.4, -0.2) is 16.5 Å². The highest BCUT2D eigenvalue weighted by atomic mass is 32.2. The molecule has 0 spiro atoms. The number of hydrogen-bond acceptors (Lipinski definition) is 4. The molecule has 9 heteroatoms. The third-order valence-corrected chi connectivity index (χ3v) is 4.17. The molecule has 2 aromatic carbocycles. The van der Waals surface area contributed by atoms with Crippen LogP contribution in [0, 0.1) is 0 Å². The van der Waals surface area contributed by atoms with Gasteiger partial charge in [0.1, 0.15) is 5.58 Å². The Morgan fingerprint density at radius 2 is 1.77 bits per heavy atom. The maximum atomic E-state index is 12.3. The lowest BCUT2D eigenvalue weighted by atomic mass is 10.2. The van der Waals surface area contributed by atoms with E-state index in [9.17, 15) is 18.0 Å². The standard InChI is InChI=1S/C17H11F3N2O2S2/c18-17(19,20)26-12-7-5-11(6-8-12)21-16(25)22-15(23)14-9-10-3-1-2-4-13(10)24-14/h1-9H,(H2,21,22,23,25). The predicted molar refractivity (Wildman–Crippen MR) is 98.3 cm³/mol. The largest absolute Gasteiger partial charge is 0.451 e. The van der Waals surface area contributed by atoms with Gasteiger partial charge in [0.05, 0.1) is 0 Å². The Kier molecular flexibility index (Phi) is 5.19. The van der Waals surface area contributed by atoms with E-state index in [0.29, 0.717) is 11.3 Å². The van der Waals surface area contributed by atoms with Crippen molar-refractivity contribution < 1.29 is 22.4 Å². The van der Waals surface area contributed by atoms with Gasteiger partial charge in [0.25, 0.3) is 5.91 Å². The van der Waals surface area contributed by atoms with Gasteiger partial charge in [0.2, 0.25) is 0 Å². The van der Waals surface area contributed by atoms with Gasteiger partial charge in [0.15, 0.2) is 10.9 Å². The van der Waals surface area contributed by atoms with Gasteiger partial charge in [-0.25, -0.2) is 0 Å². The van der Waals surface area contributed by atoms with Gasteiger partial charge in [-0.15, -0.1) is 0 Å². The summed E-state index contributed by atoms with van der Waals surface area (Å²) in [5.41, 5.74) is -3.31. The molecule has 4 nitrogen and oxygen atoms in total. The van der Waals surface area contributed by atoms with Crippen LogP contribution in [0.1, 0.15) is 10.6 Å². The molecule has 134 valence electrons. The molecule has 0 aliphatic heterocycles. The number of anilines is 1.